The summed E-state index contributed by atoms with van der Waals surface area (Å²) in [6, 6.07) is 18.1. The Balaban J connectivity index is 1.56. The van der Waals surface area contributed by atoms with Crippen molar-refractivity contribution in [3.8, 4) is 5.82 Å². The molecule has 0 unspecified atom stereocenters. The minimum atomic E-state index is -2.86. The highest BCUT2D eigenvalue weighted by Gasteiger charge is 2.35. The molecular formula is C31H32BF2N7O2. The Morgan fingerprint density at radius 1 is 1.09 bits per heavy atom. The number of anilines is 1. The molecule has 12 heteroatoms. The van der Waals surface area contributed by atoms with Crippen LogP contribution in [0.4, 0.5) is 14.3 Å². The van der Waals surface area contributed by atoms with E-state index in [2.05, 4.69) is 39.5 Å². The van der Waals surface area contributed by atoms with Crippen molar-refractivity contribution in [2.75, 3.05) is 11.9 Å². The number of hydrogen-bond donors (Lipinski definition) is 3. The summed E-state index contributed by atoms with van der Waals surface area (Å²) in [5.41, 5.74) is 5.27. The fourth-order valence-electron chi connectivity index (χ4n) is 4.88. The lowest BCUT2D eigenvalue weighted by molar-refractivity contribution is -0.118. The van der Waals surface area contributed by atoms with Gasteiger partial charge in [0, 0.05) is 22.7 Å². The number of H-pyrrole nitrogens is 1. The van der Waals surface area contributed by atoms with E-state index >= 15 is 0 Å². The number of aliphatic hydroxyl groups is 1. The topological polar surface area (TPSA) is 111 Å². The van der Waals surface area contributed by atoms with Crippen molar-refractivity contribution >= 4 is 30.4 Å². The second kappa shape index (κ2) is 13.0. The van der Waals surface area contributed by atoms with Gasteiger partial charge in [-0.3, -0.25) is 18.4 Å². The third kappa shape index (κ3) is 6.81. The fraction of sp³-hybridized carbons (Fsp3) is 0.226. The van der Waals surface area contributed by atoms with Gasteiger partial charge in [0.05, 0.1) is 18.4 Å². The number of benzene rings is 2. The highest BCUT2D eigenvalue weighted by Crippen LogP contribution is 2.34. The maximum Gasteiger partial charge on any atom is 0.679 e. The number of nitrogens with zero attached hydrogens (tertiary/aromatic N) is 5. The second-order valence-electron chi connectivity index (χ2n) is 10.6. The SMILES string of the molecule is Cc1ccccc1CN=C1C=CC(=C(c2ccc(NC(=O)CO)cc2)c2ccc(-n3cc(CC(C)C)nn3)[nH]2)N1B(F)F. The molecule has 9 nitrogen and oxygen atoms in total. The standard InChI is InChI=1S/C31H32BF2N7O2/c1-20(2)16-25-18-40(39-38-25)29-14-12-26(37-29)31(22-8-10-24(11-9-22)36-30(43)19-42)27-13-15-28(41(27)32(33)34)35-17-23-7-5-4-6-21(23)3/h4-15,18,20,37,42H,16-17,19H2,1-3H3,(H,36,43). The molecule has 0 radical (unpaired) electrons. The van der Waals surface area contributed by atoms with Gasteiger partial charge in [0.15, 0.2) is 0 Å². The molecule has 0 saturated carbocycles. The van der Waals surface area contributed by atoms with Gasteiger partial charge < -0.3 is 20.2 Å². The summed E-state index contributed by atoms with van der Waals surface area (Å²) >= 11 is 0. The predicted molar refractivity (Wildman–Crippen MR) is 164 cm³/mol. The lowest BCUT2D eigenvalue weighted by Gasteiger charge is -2.22. The summed E-state index contributed by atoms with van der Waals surface area (Å²) < 4.78 is 31.1. The highest BCUT2D eigenvalue weighted by molar-refractivity contribution is 6.46. The molecule has 3 heterocycles. The van der Waals surface area contributed by atoms with E-state index in [0.29, 0.717) is 34.3 Å². The van der Waals surface area contributed by atoms with Crippen molar-refractivity contribution in [1.29, 1.82) is 0 Å². The average molecular weight is 583 g/mol. The van der Waals surface area contributed by atoms with Gasteiger partial charge in [-0.05, 0) is 72.4 Å². The number of carbonyl (C=O) groups excluding carboxylic acids is 1. The smallest absolute Gasteiger partial charge is 0.387 e. The van der Waals surface area contributed by atoms with Crippen LogP contribution in [-0.4, -0.2) is 55.6 Å². The maximum absolute atomic E-state index is 14.7. The van der Waals surface area contributed by atoms with Crippen molar-refractivity contribution in [2.24, 2.45) is 10.9 Å². The Labute approximate surface area is 248 Å². The van der Waals surface area contributed by atoms with Gasteiger partial charge in [0.1, 0.15) is 18.3 Å². The first-order chi connectivity index (χ1) is 20.7. The Kier molecular flexibility index (Phi) is 8.96. The zero-order valence-electron chi connectivity index (χ0n) is 24.1. The van der Waals surface area contributed by atoms with Crippen molar-refractivity contribution in [2.45, 2.75) is 33.7 Å². The van der Waals surface area contributed by atoms with E-state index in [1.807, 2.05) is 49.5 Å². The Hall–Kier alpha value is -4.84. The molecule has 1 aliphatic rings. The monoisotopic (exact) mass is 583 g/mol. The Morgan fingerprint density at radius 2 is 1.86 bits per heavy atom. The first kappa shape index (κ1) is 29.7. The quantitative estimate of drug-likeness (QED) is 0.223. The number of amidine groups is 1. The normalized spacial score (nSPS) is 15.0. The van der Waals surface area contributed by atoms with Crippen LogP contribution < -0.4 is 5.32 Å². The number of allylic oxidation sites excluding steroid dienone is 1. The molecule has 1 amide bonds. The third-order valence-corrected chi connectivity index (χ3v) is 6.97. The molecule has 1 aliphatic heterocycles. The van der Waals surface area contributed by atoms with E-state index in [-0.39, 0.29) is 18.1 Å². The van der Waals surface area contributed by atoms with Crippen molar-refractivity contribution in [3.63, 3.8) is 0 Å². The lowest BCUT2D eigenvalue weighted by Crippen LogP contribution is -2.34. The number of nitrogens with one attached hydrogen (secondary N) is 2. The first-order valence-corrected chi connectivity index (χ1v) is 13.9. The molecule has 0 spiro atoms. The van der Waals surface area contributed by atoms with Crippen LogP contribution in [0.2, 0.25) is 0 Å². The van der Waals surface area contributed by atoms with E-state index in [9.17, 15) is 13.4 Å². The summed E-state index contributed by atoms with van der Waals surface area (Å²) in [5.74, 6) is 0.643. The Morgan fingerprint density at radius 3 is 2.56 bits per heavy atom. The third-order valence-electron chi connectivity index (χ3n) is 6.97. The van der Waals surface area contributed by atoms with Crippen LogP contribution in [0.1, 0.15) is 41.9 Å². The zero-order valence-corrected chi connectivity index (χ0v) is 24.1. The number of aliphatic hydroxyl groups excluding tert-OH is 1. The second-order valence-corrected chi connectivity index (χ2v) is 10.6. The first-order valence-electron chi connectivity index (χ1n) is 13.9. The molecule has 0 fully saturated rings. The largest absolute Gasteiger partial charge is 0.679 e. The zero-order chi connectivity index (χ0) is 30.5. The van der Waals surface area contributed by atoms with Gasteiger partial charge in [-0.1, -0.05) is 55.5 Å². The fourth-order valence-corrected chi connectivity index (χ4v) is 4.88. The van der Waals surface area contributed by atoms with Crippen molar-refractivity contribution < 1.29 is 18.5 Å². The van der Waals surface area contributed by atoms with Crippen LogP contribution in [0.15, 0.2) is 89.7 Å². The van der Waals surface area contributed by atoms with E-state index in [0.717, 1.165) is 28.1 Å². The maximum atomic E-state index is 14.7. The van der Waals surface area contributed by atoms with E-state index in [4.69, 9.17) is 5.11 Å². The van der Waals surface area contributed by atoms with Gasteiger partial charge in [-0.2, -0.15) is 0 Å². The number of aliphatic imine (C=N–C) groups is 1. The molecule has 3 N–H and O–H groups in total. The summed E-state index contributed by atoms with van der Waals surface area (Å²) in [5, 5.41) is 20.2. The lowest BCUT2D eigenvalue weighted by atomic mass is 9.98. The van der Waals surface area contributed by atoms with Gasteiger partial charge in [-0.15, -0.1) is 5.10 Å². The highest BCUT2D eigenvalue weighted by atomic mass is 19.2. The summed E-state index contributed by atoms with van der Waals surface area (Å²) in [6.45, 7) is 5.78. The molecule has 2 aromatic carbocycles. The van der Waals surface area contributed by atoms with Crippen LogP contribution in [-0.2, 0) is 17.8 Å². The number of carbonyl (C=O) groups is 1. The average Bonchev–Trinajstić information content (AvgIpc) is 3.74. The summed E-state index contributed by atoms with van der Waals surface area (Å²) in [7, 11) is -2.86. The molecule has 0 bridgehead atoms. The molecule has 43 heavy (non-hydrogen) atoms. The van der Waals surface area contributed by atoms with Gasteiger partial charge in [-0.25, -0.2) is 4.68 Å². The number of aromatic amines is 1. The van der Waals surface area contributed by atoms with E-state index in [1.165, 1.54) is 0 Å². The molecule has 5 rings (SSSR count). The van der Waals surface area contributed by atoms with Crippen LogP contribution >= 0.6 is 0 Å². The molecule has 0 aliphatic carbocycles. The molecule has 220 valence electrons. The van der Waals surface area contributed by atoms with Crippen molar-refractivity contribution in [1.82, 2.24) is 24.8 Å². The molecule has 0 atom stereocenters. The number of aromatic nitrogens is 4. The van der Waals surface area contributed by atoms with Crippen LogP contribution in [0.25, 0.3) is 11.4 Å². The minimum Gasteiger partial charge on any atom is -0.387 e. The number of halogens is 2. The molecule has 2 aromatic heterocycles. The van der Waals surface area contributed by atoms with E-state index in [1.54, 1.807) is 41.1 Å². The van der Waals surface area contributed by atoms with Gasteiger partial charge in [0.25, 0.3) is 0 Å². The summed E-state index contributed by atoms with van der Waals surface area (Å²) in [4.78, 5) is 20.5. The van der Waals surface area contributed by atoms with Gasteiger partial charge in [0.2, 0.25) is 5.91 Å². The Bertz CT molecular complexity index is 1690. The number of amides is 1. The molecule has 4 aromatic rings. The van der Waals surface area contributed by atoms with Gasteiger partial charge >= 0.3 is 7.40 Å². The van der Waals surface area contributed by atoms with Crippen LogP contribution in [0, 0.1) is 12.8 Å². The summed E-state index contributed by atoms with van der Waals surface area (Å²) in [6.07, 6.45) is 5.85. The van der Waals surface area contributed by atoms with Crippen molar-refractivity contribution in [3.05, 3.63) is 113 Å². The predicted octanol–water partition coefficient (Wildman–Crippen LogP) is 5.19. The van der Waals surface area contributed by atoms with Crippen LogP contribution in [0.5, 0.6) is 0 Å². The number of aryl methyl sites for hydroxylation is 1. The number of hydrogen-bond acceptors (Lipinski definition) is 5. The molecule has 0 saturated heterocycles. The minimum absolute atomic E-state index is 0.152. The van der Waals surface area contributed by atoms with E-state index < -0.39 is 19.9 Å². The molecular weight excluding hydrogens is 551 g/mol. The number of rotatable bonds is 10. The van der Waals surface area contributed by atoms with Crippen LogP contribution in [0.3, 0.4) is 0 Å².